The second kappa shape index (κ2) is 17.2. The Hall–Kier alpha value is -3.26. The van der Waals surface area contributed by atoms with E-state index in [2.05, 4.69) is 16.0 Å². The van der Waals surface area contributed by atoms with Gasteiger partial charge in [-0.2, -0.15) is 0 Å². The summed E-state index contributed by atoms with van der Waals surface area (Å²) >= 11 is 0. The van der Waals surface area contributed by atoms with Gasteiger partial charge in [0.15, 0.2) is 0 Å². The van der Waals surface area contributed by atoms with Crippen LogP contribution >= 0.6 is 0 Å². The van der Waals surface area contributed by atoms with Gasteiger partial charge in [-0.05, 0) is 51.0 Å². The van der Waals surface area contributed by atoms with Crippen molar-refractivity contribution in [1.29, 1.82) is 0 Å². The van der Waals surface area contributed by atoms with Gasteiger partial charge in [0.25, 0.3) is 0 Å². The Morgan fingerprint density at radius 3 is 1.56 bits per heavy atom. The molecule has 0 saturated heterocycles. The van der Waals surface area contributed by atoms with Crippen molar-refractivity contribution in [3.8, 4) is 0 Å². The maximum atomic E-state index is 13.0. The SMILES string of the molecule is CC(C)CC(N)C(=O)NC(CCC(N)=O)C(=O)NC(CCC(N)=O)C(=O)NC(CCCCN)C(=O)O. The molecule has 0 aromatic rings. The molecule has 0 bridgehead atoms. The summed E-state index contributed by atoms with van der Waals surface area (Å²) in [5.74, 6) is -4.92. The Labute approximate surface area is 210 Å². The lowest BCUT2D eigenvalue weighted by Gasteiger charge is -2.25. The average molecular weight is 516 g/mol. The lowest BCUT2D eigenvalue weighted by molar-refractivity contribution is -0.142. The molecule has 0 spiro atoms. The topological polar surface area (TPSA) is 263 Å². The van der Waals surface area contributed by atoms with Gasteiger partial charge < -0.3 is 44.0 Å². The highest BCUT2D eigenvalue weighted by molar-refractivity contribution is 5.94. The number of carbonyl (C=O) groups is 6. The Morgan fingerprint density at radius 1 is 0.722 bits per heavy atom. The number of primary amides is 2. The van der Waals surface area contributed by atoms with Crippen LogP contribution in [0.15, 0.2) is 0 Å². The van der Waals surface area contributed by atoms with E-state index in [4.69, 9.17) is 22.9 Å². The minimum Gasteiger partial charge on any atom is -0.480 e. The molecule has 0 aliphatic heterocycles. The van der Waals surface area contributed by atoms with Crippen LogP contribution in [0.4, 0.5) is 0 Å². The zero-order valence-corrected chi connectivity index (χ0v) is 21.0. The van der Waals surface area contributed by atoms with Crippen molar-refractivity contribution in [1.82, 2.24) is 16.0 Å². The first-order valence-corrected chi connectivity index (χ1v) is 11.9. The van der Waals surface area contributed by atoms with E-state index in [1.54, 1.807) is 0 Å². The summed E-state index contributed by atoms with van der Waals surface area (Å²) in [7, 11) is 0. The number of unbranched alkanes of at least 4 members (excludes halogenated alkanes) is 1. The molecule has 36 heavy (non-hydrogen) atoms. The maximum Gasteiger partial charge on any atom is 0.326 e. The van der Waals surface area contributed by atoms with Gasteiger partial charge in [-0.25, -0.2) is 4.79 Å². The minimum absolute atomic E-state index is 0.109. The molecule has 0 aromatic carbocycles. The first kappa shape index (κ1) is 32.7. The molecule has 0 aliphatic rings. The molecule has 5 amide bonds. The standard InChI is InChI=1S/C22H41N7O7/c1-12(2)11-13(24)19(32)27-14(6-8-17(25)30)20(33)28-15(7-9-18(26)31)21(34)29-16(22(35)36)5-3-4-10-23/h12-16H,3-11,23-24H2,1-2H3,(H2,25,30)(H2,26,31)(H,27,32)(H,28,33)(H,29,34)(H,35,36). The van der Waals surface area contributed by atoms with Crippen LogP contribution < -0.4 is 38.9 Å². The van der Waals surface area contributed by atoms with Crippen LogP contribution in [-0.4, -0.2) is 71.3 Å². The van der Waals surface area contributed by atoms with E-state index >= 15 is 0 Å². The number of carboxylic acids is 1. The molecule has 0 heterocycles. The third-order valence-corrected chi connectivity index (χ3v) is 5.25. The van der Waals surface area contributed by atoms with E-state index in [1.165, 1.54) is 0 Å². The van der Waals surface area contributed by atoms with Crippen LogP contribution in [0.25, 0.3) is 0 Å². The molecule has 14 nitrogen and oxygen atoms in total. The highest BCUT2D eigenvalue weighted by atomic mass is 16.4. The number of hydrogen-bond donors (Lipinski definition) is 8. The molecule has 4 unspecified atom stereocenters. The van der Waals surface area contributed by atoms with Crippen LogP contribution in [0.3, 0.4) is 0 Å². The summed E-state index contributed by atoms with van der Waals surface area (Å²) in [4.78, 5) is 72.4. The fourth-order valence-electron chi connectivity index (χ4n) is 3.30. The zero-order valence-electron chi connectivity index (χ0n) is 21.0. The molecule has 0 saturated carbocycles. The monoisotopic (exact) mass is 515 g/mol. The molecule has 0 aliphatic carbocycles. The van der Waals surface area contributed by atoms with E-state index in [9.17, 15) is 33.9 Å². The molecule has 0 fully saturated rings. The van der Waals surface area contributed by atoms with Crippen molar-refractivity contribution in [2.45, 2.75) is 89.4 Å². The highest BCUT2D eigenvalue weighted by Gasteiger charge is 2.30. The first-order chi connectivity index (χ1) is 16.8. The van der Waals surface area contributed by atoms with E-state index in [-0.39, 0.29) is 38.0 Å². The molecule has 206 valence electrons. The van der Waals surface area contributed by atoms with Crippen molar-refractivity contribution in [3.63, 3.8) is 0 Å². The van der Waals surface area contributed by atoms with Gasteiger partial charge in [0, 0.05) is 12.8 Å². The van der Waals surface area contributed by atoms with Gasteiger partial charge in [0.1, 0.15) is 18.1 Å². The number of nitrogens with two attached hydrogens (primary N) is 4. The average Bonchev–Trinajstić information content (AvgIpc) is 2.77. The lowest BCUT2D eigenvalue weighted by atomic mass is 10.0. The largest absolute Gasteiger partial charge is 0.480 e. The first-order valence-electron chi connectivity index (χ1n) is 11.9. The molecule has 0 aromatic heterocycles. The predicted molar refractivity (Wildman–Crippen MR) is 131 cm³/mol. The quantitative estimate of drug-likeness (QED) is 0.0848. The molecule has 12 N–H and O–H groups in total. The number of aliphatic carboxylic acids is 1. The molecule has 0 radical (unpaired) electrons. The zero-order chi connectivity index (χ0) is 27.8. The van der Waals surface area contributed by atoms with Gasteiger partial charge >= 0.3 is 5.97 Å². The Balaban J connectivity index is 5.59. The van der Waals surface area contributed by atoms with E-state index in [0.29, 0.717) is 25.8 Å². The number of rotatable bonds is 19. The number of carbonyl (C=O) groups excluding carboxylic acids is 5. The highest BCUT2D eigenvalue weighted by Crippen LogP contribution is 2.07. The van der Waals surface area contributed by atoms with Gasteiger partial charge in [0.2, 0.25) is 29.5 Å². The van der Waals surface area contributed by atoms with E-state index in [1.807, 2.05) is 13.8 Å². The fourth-order valence-corrected chi connectivity index (χ4v) is 3.30. The van der Waals surface area contributed by atoms with E-state index in [0.717, 1.165) is 0 Å². The molecular formula is C22H41N7O7. The van der Waals surface area contributed by atoms with Gasteiger partial charge in [-0.1, -0.05) is 13.8 Å². The summed E-state index contributed by atoms with van der Waals surface area (Å²) in [6, 6.07) is -4.74. The predicted octanol–water partition coefficient (Wildman–Crippen LogP) is -2.44. The van der Waals surface area contributed by atoms with Crippen molar-refractivity contribution in [2.24, 2.45) is 28.9 Å². The smallest absolute Gasteiger partial charge is 0.326 e. The number of nitrogens with one attached hydrogen (secondary N) is 3. The van der Waals surface area contributed by atoms with Crippen LogP contribution in [-0.2, 0) is 28.8 Å². The van der Waals surface area contributed by atoms with Gasteiger partial charge in [-0.15, -0.1) is 0 Å². The molecular weight excluding hydrogens is 474 g/mol. The van der Waals surface area contributed by atoms with Crippen LogP contribution in [0.1, 0.15) is 65.2 Å². The second-order valence-electron chi connectivity index (χ2n) is 9.05. The molecule has 14 heteroatoms. The maximum absolute atomic E-state index is 13.0. The number of hydrogen-bond acceptors (Lipinski definition) is 8. The Bertz CT molecular complexity index is 776. The summed E-state index contributed by atoms with van der Waals surface area (Å²) < 4.78 is 0. The number of carboxylic acid groups (broad SMARTS) is 1. The van der Waals surface area contributed by atoms with Crippen molar-refractivity contribution in [3.05, 3.63) is 0 Å². The lowest BCUT2D eigenvalue weighted by Crippen LogP contribution is -2.57. The van der Waals surface area contributed by atoms with Gasteiger partial charge in [-0.3, -0.25) is 24.0 Å². The van der Waals surface area contributed by atoms with Gasteiger partial charge in [0.05, 0.1) is 6.04 Å². The second-order valence-corrected chi connectivity index (χ2v) is 9.05. The summed E-state index contributed by atoms with van der Waals surface area (Å²) in [5.41, 5.74) is 21.6. The minimum atomic E-state index is -1.33. The van der Waals surface area contributed by atoms with Crippen LogP contribution in [0, 0.1) is 5.92 Å². The Morgan fingerprint density at radius 2 is 1.17 bits per heavy atom. The van der Waals surface area contributed by atoms with Crippen molar-refractivity contribution >= 4 is 35.5 Å². The normalized spacial score (nSPS) is 14.2. The summed E-state index contributed by atoms with van der Waals surface area (Å²) in [5, 5.41) is 16.6. The molecule has 4 atom stereocenters. The third kappa shape index (κ3) is 14.2. The number of amides is 5. The van der Waals surface area contributed by atoms with Crippen molar-refractivity contribution < 1.29 is 33.9 Å². The third-order valence-electron chi connectivity index (χ3n) is 5.25. The van der Waals surface area contributed by atoms with E-state index < -0.39 is 59.7 Å². The molecule has 0 rings (SSSR count). The van der Waals surface area contributed by atoms with Crippen LogP contribution in [0.2, 0.25) is 0 Å². The summed E-state index contributed by atoms with van der Waals surface area (Å²) in [6.45, 7) is 4.09. The summed E-state index contributed by atoms with van der Waals surface area (Å²) in [6.07, 6.45) is 0.568. The van der Waals surface area contributed by atoms with Crippen molar-refractivity contribution in [2.75, 3.05) is 6.54 Å². The fraction of sp³-hybridized carbons (Fsp3) is 0.727. The Kier molecular flexibility index (Phi) is 15.7. The van der Waals surface area contributed by atoms with Crippen LogP contribution in [0.5, 0.6) is 0 Å².